The fraction of sp³-hybridized carbons (Fsp3) is 0.529. The molecule has 1 aromatic heterocycles. The minimum atomic E-state index is -0.834. The van der Waals surface area contributed by atoms with Crippen LogP contribution < -0.4 is 16.6 Å². The predicted octanol–water partition coefficient (Wildman–Crippen LogP) is 9.74. The highest BCUT2D eigenvalue weighted by Gasteiger charge is 2.46. The Hall–Kier alpha value is -4.80. The van der Waals surface area contributed by atoms with E-state index >= 15 is 0 Å². The third kappa shape index (κ3) is 14.4. The molecule has 1 aliphatic heterocycles. The molecule has 0 aliphatic carbocycles. The highest BCUT2D eigenvalue weighted by molar-refractivity contribution is 5.81. The van der Waals surface area contributed by atoms with Crippen LogP contribution in [0.15, 0.2) is 107 Å². The van der Waals surface area contributed by atoms with E-state index in [1.165, 1.54) is 101 Å². The maximum absolute atomic E-state index is 13.3. The number of nitrogens with zero attached hydrogens (tertiary/aromatic N) is 2. The monoisotopic (exact) mass is 835 g/mol. The molecule has 1 fully saturated rings. The van der Waals surface area contributed by atoms with Crippen LogP contribution in [0.2, 0.25) is 0 Å². The van der Waals surface area contributed by atoms with Gasteiger partial charge in [0.1, 0.15) is 12.7 Å². The predicted molar refractivity (Wildman–Crippen MR) is 243 cm³/mol. The topological polar surface area (TPSA) is 123 Å². The third-order valence-electron chi connectivity index (χ3n) is 12.0. The second-order valence-corrected chi connectivity index (χ2v) is 16.7. The summed E-state index contributed by atoms with van der Waals surface area (Å²) < 4.78 is 13.7. The van der Waals surface area contributed by atoms with Crippen LogP contribution in [-0.4, -0.2) is 58.7 Å². The Morgan fingerprint density at radius 1 is 0.689 bits per heavy atom. The van der Waals surface area contributed by atoms with E-state index in [2.05, 4.69) is 58.5 Å². The van der Waals surface area contributed by atoms with Gasteiger partial charge in [-0.25, -0.2) is 4.79 Å². The van der Waals surface area contributed by atoms with Crippen LogP contribution in [0.3, 0.4) is 0 Å². The van der Waals surface area contributed by atoms with E-state index in [0.717, 1.165) is 29.5 Å². The molecular weight excluding hydrogens is 765 g/mol. The first-order valence-corrected chi connectivity index (χ1v) is 23.1. The number of hydrogen-bond donors (Lipinski definition) is 2. The second-order valence-electron chi connectivity index (χ2n) is 16.7. The van der Waals surface area contributed by atoms with Crippen molar-refractivity contribution < 1.29 is 19.1 Å². The van der Waals surface area contributed by atoms with Gasteiger partial charge in [0.2, 0.25) is 5.91 Å². The highest BCUT2D eigenvalue weighted by atomic mass is 16.6. The van der Waals surface area contributed by atoms with Crippen LogP contribution in [-0.2, 0) is 24.6 Å². The lowest BCUT2D eigenvalue weighted by molar-refractivity contribution is -0.170. The number of H-pyrrole nitrogens is 1. The quantitative estimate of drug-likeness (QED) is 0.0349. The van der Waals surface area contributed by atoms with Gasteiger partial charge in [-0.15, -0.1) is 0 Å². The maximum atomic E-state index is 13.3. The molecule has 0 spiro atoms. The van der Waals surface area contributed by atoms with Crippen molar-refractivity contribution in [3.05, 3.63) is 140 Å². The lowest BCUT2D eigenvalue weighted by atomic mass is 9.75. The Labute approximate surface area is 363 Å². The standard InChI is InChI=1S/C51H70N4O6/c1-3-4-5-6-7-8-9-10-11-12-13-14-15-16-17-27-36-52-46(56)34-35-48(57)60-40-45-38-54(39-47(61-45)55-37-41(2)49(58)53-50(55)59)51(42-28-21-18-22-29-42,43-30-23-19-24-31-43)44-32-25-20-26-33-44/h18-26,28-33,37,45,47H,3-17,27,34-36,38-40H2,1-2H3,(H,52,56)(H,53,58,59)/t45-,47+/m0/s1. The molecule has 2 N–H and O–H groups in total. The average Bonchev–Trinajstić information content (AvgIpc) is 3.28. The molecule has 2 atom stereocenters. The Bertz CT molecular complexity index is 1890. The SMILES string of the molecule is CCCCCCCCCCCCCCCCCCNC(=O)CCC(=O)OC[C@@H]1CN(C(c2ccccc2)(c2ccccc2)c2ccccc2)C[C@H](n2cc(C)c(=O)[nH]c2=O)O1. The Morgan fingerprint density at radius 3 is 1.66 bits per heavy atom. The molecule has 0 bridgehead atoms. The molecule has 61 heavy (non-hydrogen) atoms. The van der Waals surface area contributed by atoms with E-state index in [0.29, 0.717) is 18.7 Å². The van der Waals surface area contributed by atoms with Gasteiger partial charge >= 0.3 is 11.7 Å². The van der Waals surface area contributed by atoms with Crippen LogP contribution in [0.5, 0.6) is 0 Å². The number of nitrogens with one attached hydrogen (secondary N) is 2. The summed E-state index contributed by atoms with van der Waals surface area (Å²) in [6.07, 6.45) is 20.9. The molecule has 2 heterocycles. The summed E-state index contributed by atoms with van der Waals surface area (Å²) in [5.41, 5.74) is 1.53. The molecular formula is C51H70N4O6. The van der Waals surface area contributed by atoms with E-state index in [1.807, 2.05) is 54.6 Å². The van der Waals surface area contributed by atoms with Crippen LogP contribution in [0, 0.1) is 6.92 Å². The van der Waals surface area contributed by atoms with E-state index in [4.69, 9.17) is 9.47 Å². The molecule has 0 saturated carbocycles. The number of esters is 1. The van der Waals surface area contributed by atoms with Crippen LogP contribution >= 0.6 is 0 Å². The molecule has 10 nitrogen and oxygen atoms in total. The van der Waals surface area contributed by atoms with Gasteiger partial charge < -0.3 is 14.8 Å². The largest absolute Gasteiger partial charge is 0.463 e. The summed E-state index contributed by atoms with van der Waals surface area (Å²) in [6.45, 7) is 5.06. The molecule has 5 rings (SSSR count). The number of amides is 1. The number of morpholine rings is 1. The molecule has 1 saturated heterocycles. The molecule has 0 unspecified atom stereocenters. The normalized spacial score (nSPS) is 15.7. The molecule has 0 radical (unpaired) electrons. The molecule has 3 aromatic carbocycles. The van der Waals surface area contributed by atoms with Gasteiger partial charge in [-0.3, -0.25) is 28.8 Å². The molecule has 1 aliphatic rings. The minimum Gasteiger partial charge on any atom is -0.463 e. The molecule has 4 aromatic rings. The van der Waals surface area contributed by atoms with E-state index < -0.39 is 35.1 Å². The van der Waals surface area contributed by atoms with Crippen LogP contribution in [0.4, 0.5) is 0 Å². The first-order valence-electron chi connectivity index (χ1n) is 23.1. The number of benzene rings is 3. The van der Waals surface area contributed by atoms with Crippen LogP contribution in [0.25, 0.3) is 0 Å². The van der Waals surface area contributed by atoms with Gasteiger partial charge in [-0.05, 0) is 30.0 Å². The number of aryl methyl sites for hydroxylation is 1. The summed E-state index contributed by atoms with van der Waals surface area (Å²) >= 11 is 0. The summed E-state index contributed by atoms with van der Waals surface area (Å²) in [4.78, 5) is 56.1. The fourth-order valence-electron chi connectivity index (χ4n) is 8.69. The number of rotatable bonds is 27. The highest BCUT2D eigenvalue weighted by Crippen LogP contribution is 2.44. The van der Waals surface area contributed by atoms with Crippen molar-refractivity contribution >= 4 is 11.9 Å². The Morgan fingerprint density at radius 2 is 1.16 bits per heavy atom. The average molecular weight is 835 g/mol. The van der Waals surface area contributed by atoms with Crippen LogP contribution in [0.1, 0.15) is 151 Å². The number of ether oxygens (including phenoxy) is 2. The zero-order valence-corrected chi connectivity index (χ0v) is 36.8. The van der Waals surface area contributed by atoms with Crippen molar-refractivity contribution in [1.82, 2.24) is 19.8 Å². The summed E-state index contributed by atoms with van der Waals surface area (Å²) in [5.74, 6) is -0.656. The van der Waals surface area contributed by atoms with E-state index in [-0.39, 0.29) is 31.9 Å². The Balaban J connectivity index is 1.12. The van der Waals surface area contributed by atoms with E-state index in [9.17, 15) is 19.2 Å². The first-order chi connectivity index (χ1) is 29.8. The molecule has 330 valence electrons. The second kappa shape index (κ2) is 25.9. The Kier molecular flexibility index (Phi) is 20.0. The van der Waals surface area contributed by atoms with Gasteiger partial charge in [-0.2, -0.15) is 0 Å². The molecule has 1 amide bonds. The minimum absolute atomic E-state index is 0.0448. The number of hydrogen-bond acceptors (Lipinski definition) is 7. The summed E-state index contributed by atoms with van der Waals surface area (Å²) in [6, 6.07) is 30.6. The van der Waals surface area contributed by atoms with Crippen molar-refractivity contribution in [3.63, 3.8) is 0 Å². The van der Waals surface area contributed by atoms with Gasteiger partial charge in [-0.1, -0.05) is 194 Å². The lowest BCUT2D eigenvalue weighted by Crippen LogP contribution is -2.58. The first kappa shape index (κ1) is 47.3. The van der Waals surface area contributed by atoms with Gasteiger partial charge in [0.15, 0.2) is 6.23 Å². The smallest absolute Gasteiger partial charge is 0.330 e. The van der Waals surface area contributed by atoms with Crippen molar-refractivity contribution in [2.24, 2.45) is 0 Å². The zero-order valence-electron chi connectivity index (χ0n) is 36.8. The van der Waals surface area contributed by atoms with E-state index in [1.54, 1.807) is 6.92 Å². The van der Waals surface area contributed by atoms with Crippen molar-refractivity contribution in [3.8, 4) is 0 Å². The van der Waals surface area contributed by atoms with Crippen molar-refractivity contribution in [2.75, 3.05) is 26.2 Å². The van der Waals surface area contributed by atoms with Gasteiger partial charge in [0.25, 0.3) is 5.56 Å². The third-order valence-corrected chi connectivity index (χ3v) is 12.0. The molecule has 10 heteroatoms. The van der Waals surface area contributed by atoms with Crippen molar-refractivity contribution in [1.29, 1.82) is 0 Å². The summed E-state index contributed by atoms with van der Waals surface area (Å²) in [7, 11) is 0. The summed E-state index contributed by atoms with van der Waals surface area (Å²) in [5, 5.41) is 2.96. The number of aromatic nitrogens is 2. The van der Waals surface area contributed by atoms with Gasteiger partial charge in [0.05, 0.1) is 12.0 Å². The zero-order chi connectivity index (χ0) is 43.1. The number of aromatic amines is 1. The number of carbonyl (C=O) groups excluding carboxylic acids is 2. The number of carbonyl (C=O) groups is 2. The van der Waals surface area contributed by atoms with Crippen molar-refractivity contribution in [2.45, 2.75) is 147 Å². The number of unbranched alkanes of at least 4 members (excludes halogenated alkanes) is 15. The lowest BCUT2D eigenvalue weighted by Gasteiger charge is -2.50. The fourth-order valence-corrected chi connectivity index (χ4v) is 8.69. The van der Waals surface area contributed by atoms with Gasteiger partial charge in [0, 0.05) is 37.8 Å². The maximum Gasteiger partial charge on any atom is 0.330 e.